The van der Waals surface area contributed by atoms with Gasteiger partial charge in [-0.2, -0.15) is 0 Å². The van der Waals surface area contributed by atoms with Gasteiger partial charge in [0.1, 0.15) is 0 Å². The molecule has 38 heavy (non-hydrogen) atoms. The third kappa shape index (κ3) is 51.5. The first-order chi connectivity index (χ1) is 18.5. The van der Waals surface area contributed by atoms with Crippen LogP contribution in [0.4, 0.5) is 0 Å². The fraction of sp³-hybridized carbons (Fsp3) is 0.938. The minimum atomic E-state index is -0.657. The van der Waals surface area contributed by atoms with Crippen molar-refractivity contribution in [2.45, 2.75) is 181 Å². The van der Waals surface area contributed by atoms with Crippen LogP contribution in [0.5, 0.6) is 0 Å². The van der Waals surface area contributed by atoms with Gasteiger partial charge in [0.2, 0.25) is 0 Å². The topological polar surface area (TPSA) is 115 Å². The van der Waals surface area contributed by atoms with Gasteiger partial charge in [0.05, 0.1) is 13.2 Å². The summed E-state index contributed by atoms with van der Waals surface area (Å²) in [6, 6.07) is 0. The minimum Gasteiger partial charge on any atom is -0.481 e. The molecular weight excluding hydrogens is 480 g/mol. The van der Waals surface area contributed by atoms with Crippen LogP contribution in [-0.4, -0.2) is 45.6 Å². The molecule has 0 amide bonds. The number of hydrogen-bond donors (Lipinski definition) is 4. The lowest BCUT2D eigenvalue weighted by atomic mass is 10.0. The fourth-order valence-corrected chi connectivity index (χ4v) is 4.23. The number of aliphatic carboxylic acids is 2. The Labute approximate surface area is 236 Å². The summed E-state index contributed by atoms with van der Waals surface area (Å²) in [7, 11) is 0. The van der Waals surface area contributed by atoms with E-state index >= 15 is 0 Å². The van der Waals surface area contributed by atoms with Crippen molar-refractivity contribution in [3.63, 3.8) is 0 Å². The van der Waals surface area contributed by atoms with Crippen molar-refractivity contribution in [3.05, 3.63) is 0 Å². The second kappa shape index (κ2) is 40.4. The summed E-state index contributed by atoms with van der Waals surface area (Å²) >= 11 is 0. The third-order valence-electron chi connectivity index (χ3n) is 6.59. The Morgan fingerprint density at radius 3 is 0.711 bits per heavy atom. The third-order valence-corrected chi connectivity index (χ3v) is 6.59. The van der Waals surface area contributed by atoms with Crippen molar-refractivity contribution >= 4 is 11.9 Å². The highest BCUT2D eigenvalue weighted by Gasteiger charge is 1.98. The fourth-order valence-electron chi connectivity index (χ4n) is 4.23. The molecule has 0 saturated heterocycles. The maximum Gasteiger partial charge on any atom is 0.303 e. The minimum absolute atomic E-state index is 0.125. The van der Waals surface area contributed by atoms with Gasteiger partial charge in [-0.1, -0.05) is 155 Å². The molecule has 0 atom stereocenters. The van der Waals surface area contributed by atoms with Crippen LogP contribution < -0.4 is 0 Å². The Balaban J connectivity index is -0.000000567. The summed E-state index contributed by atoms with van der Waals surface area (Å²) in [5.41, 5.74) is 0. The molecule has 0 aliphatic rings. The number of carboxylic acid groups (broad SMARTS) is 2. The van der Waals surface area contributed by atoms with Crippen molar-refractivity contribution in [3.8, 4) is 0 Å². The second-order valence-corrected chi connectivity index (χ2v) is 10.5. The number of hydrogen-bond acceptors (Lipinski definition) is 4. The van der Waals surface area contributed by atoms with Crippen molar-refractivity contribution in [2.24, 2.45) is 0 Å². The van der Waals surface area contributed by atoms with E-state index in [1.807, 2.05) is 0 Å². The Bertz CT molecular complexity index is 440. The number of rotatable bonds is 27. The van der Waals surface area contributed by atoms with Crippen LogP contribution in [0.1, 0.15) is 181 Å². The van der Waals surface area contributed by atoms with Gasteiger partial charge < -0.3 is 20.4 Å². The van der Waals surface area contributed by atoms with Crippen LogP contribution in [0.15, 0.2) is 0 Å². The molecule has 6 nitrogen and oxygen atoms in total. The average molecular weight is 547 g/mol. The lowest BCUT2D eigenvalue weighted by molar-refractivity contribution is -0.138. The zero-order chi connectivity index (χ0) is 29.0. The van der Waals surface area contributed by atoms with E-state index in [0.717, 1.165) is 25.7 Å². The molecule has 0 aliphatic carbocycles. The number of carbonyl (C=O) groups is 2. The molecule has 0 aromatic carbocycles. The van der Waals surface area contributed by atoms with E-state index in [4.69, 9.17) is 20.4 Å². The molecule has 0 aliphatic heterocycles. The molecule has 4 N–H and O–H groups in total. The van der Waals surface area contributed by atoms with Gasteiger partial charge in [0.15, 0.2) is 0 Å². The predicted molar refractivity (Wildman–Crippen MR) is 161 cm³/mol. The summed E-state index contributed by atoms with van der Waals surface area (Å²) in [5.74, 6) is -1.31. The zero-order valence-electron chi connectivity index (χ0n) is 25.4. The quantitative estimate of drug-likeness (QED) is 0.0763. The molecule has 0 radical (unpaired) electrons. The van der Waals surface area contributed by atoms with Crippen LogP contribution in [0.3, 0.4) is 0 Å². The van der Waals surface area contributed by atoms with E-state index in [-0.39, 0.29) is 13.2 Å². The molecule has 0 rings (SSSR count). The number of aliphatic hydroxyl groups excluding tert-OH is 2. The van der Waals surface area contributed by atoms with Gasteiger partial charge in [-0.05, 0) is 12.8 Å². The van der Waals surface area contributed by atoms with E-state index in [2.05, 4.69) is 13.8 Å². The predicted octanol–water partition coefficient (Wildman–Crippen LogP) is 9.30. The Hall–Kier alpha value is -1.14. The van der Waals surface area contributed by atoms with Gasteiger partial charge in [-0.3, -0.25) is 9.59 Å². The SMILES string of the molecule is CCCCCCCCCCCCCC(=O)O.CCCCCCCCCCCCCCCC(=O)O.OCCO. The van der Waals surface area contributed by atoms with E-state index in [1.54, 1.807) is 0 Å². The van der Waals surface area contributed by atoms with Crippen LogP contribution in [0.2, 0.25) is 0 Å². The lowest BCUT2D eigenvalue weighted by Gasteiger charge is -2.02. The summed E-state index contributed by atoms with van der Waals surface area (Å²) in [4.78, 5) is 20.6. The van der Waals surface area contributed by atoms with E-state index in [1.165, 1.54) is 128 Å². The standard InChI is InChI=1S/C16H32O2.C14H28O2.C2H6O2/c1-2-3-4-5-6-7-8-9-10-11-12-13-14-15-16(17)18;1-2-3-4-5-6-7-8-9-10-11-12-13-14(15)16;3-1-2-4/h2-15H2,1H3,(H,17,18);2-13H2,1H3,(H,15,16);3-4H,1-2H2. The normalized spacial score (nSPS) is 10.3. The number of unbranched alkanes of at least 4 members (excludes halogenated alkanes) is 22. The Morgan fingerprint density at radius 1 is 0.368 bits per heavy atom. The van der Waals surface area contributed by atoms with Crippen molar-refractivity contribution in [2.75, 3.05) is 13.2 Å². The van der Waals surface area contributed by atoms with E-state index in [0.29, 0.717) is 12.8 Å². The molecule has 0 unspecified atom stereocenters. The molecule has 0 fully saturated rings. The van der Waals surface area contributed by atoms with Crippen molar-refractivity contribution in [1.29, 1.82) is 0 Å². The zero-order valence-corrected chi connectivity index (χ0v) is 25.4. The molecule has 0 heterocycles. The average Bonchev–Trinajstić information content (AvgIpc) is 2.90. The number of carboxylic acids is 2. The summed E-state index contributed by atoms with van der Waals surface area (Å²) in [6.45, 7) is 4.26. The smallest absolute Gasteiger partial charge is 0.303 e. The van der Waals surface area contributed by atoms with E-state index < -0.39 is 11.9 Å². The highest BCUT2D eigenvalue weighted by molar-refractivity contribution is 5.66. The second-order valence-electron chi connectivity index (χ2n) is 10.5. The highest BCUT2D eigenvalue weighted by atomic mass is 16.4. The summed E-state index contributed by atoms with van der Waals surface area (Å²) in [6.07, 6.45) is 31.6. The Morgan fingerprint density at radius 2 is 0.553 bits per heavy atom. The van der Waals surface area contributed by atoms with Gasteiger partial charge in [-0.25, -0.2) is 0 Å². The highest BCUT2D eigenvalue weighted by Crippen LogP contribution is 2.13. The molecule has 0 bridgehead atoms. The first-order valence-electron chi connectivity index (χ1n) is 16.1. The first-order valence-corrected chi connectivity index (χ1v) is 16.1. The molecule has 0 spiro atoms. The molecule has 0 aromatic rings. The van der Waals surface area contributed by atoms with Crippen LogP contribution in [0.25, 0.3) is 0 Å². The maximum absolute atomic E-state index is 10.3. The monoisotopic (exact) mass is 546 g/mol. The van der Waals surface area contributed by atoms with Crippen LogP contribution >= 0.6 is 0 Å². The molecular formula is C32H66O6. The van der Waals surface area contributed by atoms with Gasteiger partial charge >= 0.3 is 11.9 Å². The summed E-state index contributed by atoms with van der Waals surface area (Å²) < 4.78 is 0. The van der Waals surface area contributed by atoms with Gasteiger partial charge in [-0.15, -0.1) is 0 Å². The van der Waals surface area contributed by atoms with Gasteiger partial charge in [0, 0.05) is 12.8 Å². The van der Waals surface area contributed by atoms with Crippen molar-refractivity contribution < 1.29 is 30.0 Å². The summed E-state index contributed by atoms with van der Waals surface area (Å²) in [5, 5.41) is 32.2. The largest absolute Gasteiger partial charge is 0.481 e. The van der Waals surface area contributed by atoms with Crippen molar-refractivity contribution in [1.82, 2.24) is 0 Å². The van der Waals surface area contributed by atoms with Crippen LogP contribution in [0, 0.1) is 0 Å². The molecule has 6 heteroatoms. The Kier molecular flexibility index (Phi) is 43.9. The number of aliphatic hydroxyl groups is 2. The van der Waals surface area contributed by atoms with Crippen LogP contribution in [-0.2, 0) is 9.59 Å². The first kappa shape index (κ1) is 41.3. The van der Waals surface area contributed by atoms with Gasteiger partial charge in [0.25, 0.3) is 0 Å². The maximum atomic E-state index is 10.3. The molecule has 0 saturated carbocycles. The molecule has 0 aromatic heterocycles. The molecule has 230 valence electrons. The van der Waals surface area contributed by atoms with E-state index in [9.17, 15) is 9.59 Å². The lowest BCUT2D eigenvalue weighted by Crippen LogP contribution is -1.93.